The van der Waals surface area contributed by atoms with E-state index in [2.05, 4.69) is 15.5 Å². The number of rotatable bonds is 5. The molecule has 0 aromatic carbocycles. The van der Waals surface area contributed by atoms with Crippen LogP contribution in [0.5, 0.6) is 0 Å². The van der Waals surface area contributed by atoms with E-state index in [1.165, 1.54) is 0 Å². The molecule has 0 aliphatic carbocycles. The fourth-order valence-electron chi connectivity index (χ4n) is 1.82. The number of hydrogen-bond acceptors (Lipinski definition) is 3. The third kappa shape index (κ3) is 3.57. The van der Waals surface area contributed by atoms with Gasteiger partial charge in [-0.2, -0.15) is 10.2 Å². The summed E-state index contributed by atoms with van der Waals surface area (Å²) in [5.74, 6) is -0.0934. The van der Waals surface area contributed by atoms with E-state index in [9.17, 15) is 4.79 Å². The molecule has 0 saturated heterocycles. The molecule has 19 heavy (non-hydrogen) atoms. The van der Waals surface area contributed by atoms with Gasteiger partial charge in [-0.25, -0.2) is 0 Å². The molecule has 102 valence electrons. The summed E-state index contributed by atoms with van der Waals surface area (Å²) in [4.78, 5) is 11.9. The van der Waals surface area contributed by atoms with Gasteiger partial charge in [-0.3, -0.25) is 14.2 Å². The van der Waals surface area contributed by atoms with E-state index in [0.717, 1.165) is 18.7 Å². The minimum Gasteiger partial charge on any atom is -0.352 e. The topological polar surface area (TPSA) is 64.7 Å². The highest BCUT2D eigenvalue weighted by Gasteiger charge is 2.11. The molecule has 0 spiro atoms. The van der Waals surface area contributed by atoms with Gasteiger partial charge in [0.05, 0.1) is 22.5 Å². The Morgan fingerprint density at radius 3 is 2.84 bits per heavy atom. The Morgan fingerprint density at radius 2 is 2.26 bits per heavy atom. The predicted molar refractivity (Wildman–Crippen MR) is 72.1 cm³/mol. The lowest BCUT2D eigenvalue weighted by Crippen LogP contribution is -2.25. The molecule has 0 radical (unpaired) electrons. The van der Waals surface area contributed by atoms with E-state index in [-0.39, 0.29) is 5.91 Å². The van der Waals surface area contributed by atoms with Crippen LogP contribution in [0.15, 0.2) is 18.6 Å². The third-order valence-electron chi connectivity index (χ3n) is 2.71. The number of hydrogen-bond donors (Lipinski definition) is 1. The van der Waals surface area contributed by atoms with Gasteiger partial charge in [0.15, 0.2) is 0 Å². The summed E-state index contributed by atoms with van der Waals surface area (Å²) in [6.07, 6.45) is 5.87. The first-order chi connectivity index (χ1) is 9.06. The van der Waals surface area contributed by atoms with Gasteiger partial charge in [-0.1, -0.05) is 11.6 Å². The molecule has 0 unspecified atom stereocenters. The second-order valence-electron chi connectivity index (χ2n) is 4.33. The number of nitrogens with zero attached hydrogens (tertiary/aromatic N) is 4. The van der Waals surface area contributed by atoms with Crippen molar-refractivity contribution >= 4 is 17.5 Å². The molecule has 0 aliphatic heterocycles. The highest BCUT2D eigenvalue weighted by molar-refractivity contribution is 6.30. The Labute approximate surface area is 116 Å². The Hall–Kier alpha value is -1.82. The summed E-state index contributed by atoms with van der Waals surface area (Å²) in [5.41, 5.74) is 1.35. The van der Waals surface area contributed by atoms with Crippen molar-refractivity contribution in [3.8, 4) is 0 Å². The average molecular weight is 282 g/mol. The Balaban J connectivity index is 1.77. The van der Waals surface area contributed by atoms with E-state index in [1.807, 2.05) is 6.92 Å². The van der Waals surface area contributed by atoms with Gasteiger partial charge in [0.25, 0.3) is 5.91 Å². The van der Waals surface area contributed by atoms with E-state index in [0.29, 0.717) is 17.1 Å². The van der Waals surface area contributed by atoms with Crippen LogP contribution in [0.4, 0.5) is 0 Å². The average Bonchev–Trinajstić information content (AvgIpc) is 2.90. The zero-order chi connectivity index (χ0) is 13.8. The maximum atomic E-state index is 11.9. The van der Waals surface area contributed by atoms with Crippen molar-refractivity contribution in [3.05, 3.63) is 34.9 Å². The number of halogens is 1. The van der Waals surface area contributed by atoms with Gasteiger partial charge in [0.2, 0.25) is 0 Å². The summed E-state index contributed by atoms with van der Waals surface area (Å²) in [7, 11) is 1.80. The standard InChI is InChI=1S/C12H16ClN5O/c1-9-11(8-17(2)16-9)12(19)14-4-3-5-18-7-10(13)6-15-18/h6-8H,3-5H2,1-2H3,(H,14,19). The van der Waals surface area contributed by atoms with Gasteiger partial charge >= 0.3 is 0 Å². The monoisotopic (exact) mass is 281 g/mol. The fraction of sp³-hybridized carbons (Fsp3) is 0.417. The number of aryl methyl sites for hydroxylation is 3. The van der Waals surface area contributed by atoms with Crippen molar-refractivity contribution < 1.29 is 4.79 Å². The van der Waals surface area contributed by atoms with Gasteiger partial charge in [0, 0.05) is 32.5 Å². The summed E-state index contributed by atoms with van der Waals surface area (Å²) < 4.78 is 3.39. The summed E-state index contributed by atoms with van der Waals surface area (Å²) in [5, 5.41) is 11.7. The molecule has 1 amide bonds. The molecular formula is C12H16ClN5O. The number of aromatic nitrogens is 4. The Bertz CT molecular complexity index is 574. The van der Waals surface area contributed by atoms with E-state index in [4.69, 9.17) is 11.6 Å². The highest BCUT2D eigenvalue weighted by Crippen LogP contribution is 2.05. The lowest BCUT2D eigenvalue weighted by Gasteiger charge is -2.04. The molecule has 0 saturated carbocycles. The predicted octanol–water partition coefficient (Wildman–Crippen LogP) is 1.40. The van der Waals surface area contributed by atoms with Crippen molar-refractivity contribution in [3.63, 3.8) is 0 Å². The Morgan fingerprint density at radius 1 is 1.47 bits per heavy atom. The molecule has 2 aromatic rings. The maximum Gasteiger partial charge on any atom is 0.254 e. The molecule has 0 aliphatic rings. The number of carbonyl (C=O) groups excluding carboxylic acids is 1. The third-order valence-corrected chi connectivity index (χ3v) is 2.90. The first-order valence-corrected chi connectivity index (χ1v) is 6.40. The minimum atomic E-state index is -0.0934. The quantitative estimate of drug-likeness (QED) is 0.843. The second-order valence-corrected chi connectivity index (χ2v) is 4.77. The zero-order valence-electron chi connectivity index (χ0n) is 10.9. The lowest BCUT2D eigenvalue weighted by molar-refractivity contribution is 0.0952. The molecule has 2 rings (SSSR count). The van der Waals surface area contributed by atoms with Gasteiger partial charge in [0.1, 0.15) is 0 Å². The largest absolute Gasteiger partial charge is 0.352 e. The summed E-state index contributed by atoms with van der Waals surface area (Å²) in [6, 6.07) is 0. The SMILES string of the molecule is Cc1nn(C)cc1C(=O)NCCCn1cc(Cl)cn1. The van der Waals surface area contributed by atoms with E-state index in [1.54, 1.807) is 35.0 Å². The van der Waals surface area contributed by atoms with Crippen LogP contribution in [-0.2, 0) is 13.6 Å². The number of amides is 1. The van der Waals surface area contributed by atoms with Gasteiger partial charge in [-0.05, 0) is 13.3 Å². The van der Waals surface area contributed by atoms with Crippen LogP contribution in [0.25, 0.3) is 0 Å². The summed E-state index contributed by atoms with van der Waals surface area (Å²) in [6.45, 7) is 3.13. The first-order valence-electron chi connectivity index (χ1n) is 6.02. The first kappa shape index (κ1) is 13.6. The molecule has 7 heteroatoms. The fourth-order valence-corrected chi connectivity index (χ4v) is 1.98. The van der Waals surface area contributed by atoms with Crippen LogP contribution in [0.3, 0.4) is 0 Å². The van der Waals surface area contributed by atoms with Crippen LogP contribution in [0, 0.1) is 6.92 Å². The molecule has 2 heterocycles. The van der Waals surface area contributed by atoms with Gasteiger partial charge in [-0.15, -0.1) is 0 Å². The zero-order valence-corrected chi connectivity index (χ0v) is 11.7. The molecule has 2 aromatic heterocycles. The van der Waals surface area contributed by atoms with E-state index >= 15 is 0 Å². The highest BCUT2D eigenvalue weighted by atomic mass is 35.5. The van der Waals surface area contributed by atoms with E-state index < -0.39 is 0 Å². The van der Waals surface area contributed by atoms with Crippen LogP contribution in [0.2, 0.25) is 5.02 Å². The second kappa shape index (κ2) is 5.88. The lowest BCUT2D eigenvalue weighted by atomic mass is 10.2. The van der Waals surface area contributed by atoms with Crippen molar-refractivity contribution in [2.45, 2.75) is 19.9 Å². The van der Waals surface area contributed by atoms with Crippen molar-refractivity contribution in [1.29, 1.82) is 0 Å². The van der Waals surface area contributed by atoms with Crippen molar-refractivity contribution in [2.24, 2.45) is 7.05 Å². The van der Waals surface area contributed by atoms with Crippen LogP contribution in [0.1, 0.15) is 22.5 Å². The molecule has 0 bridgehead atoms. The van der Waals surface area contributed by atoms with Gasteiger partial charge < -0.3 is 5.32 Å². The van der Waals surface area contributed by atoms with Crippen LogP contribution >= 0.6 is 11.6 Å². The van der Waals surface area contributed by atoms with Crippen LogP contribution < -0.4 is 5.32 Å². The molecule has 6 nitrogen and oxygen atoms in total. The van der Waals surface area contributed by atoms with Crippen molar-refractivity contribution in [2.75, 3.05) is 6.54 Å². The minimum absolute atomic E-state index is 0.0934. The molecule has 0 fully saturated rings. The van der Waals surface area contributed by atoms with Crippen LogP contribution in [-0.4, -0.2) is 32.0 Å². The Kier molecular flexibility index (Phi) is 4.21. The summed E-state index contributed by atoms with van der Waals surface area (Å²) >= 11 is 5.76. The number of carbonyl (C=O) groups is 1. The number of nitrogens with one attached hydrogen (secondary N) is 1. The smallest absolute Gasteiger partial charge is 0.254 e. The molecule has 1 N–H and O–H groups in total. The maximum absolute atomic E-state index is 11.9. The molecular weight excluding hydrogens is 266 g/mol. The van der Waals surface area contributed by atoms with Crippen molar-refractivity contribution in [1.82, 2.24) is 24.9 Å². The molecule has 0 atom stereocenters. The normalized spacial score (nSPS) is 10.7.